The molecule has 0 aliphatic carbocycles. The normalized spacial score (nSPS) is 10.6. The zero-order valence-corrected chi connectivity index (χ0v) is 10.3. The number of pyridine rings is 1. The van der Waals surface area contributed by atoms with Gasteiger partial charge in [0.25, 0.3) is 0 Å². The Kier molecular flexibility index (Phi) is 2.86. The van der Waals surface area contributed by atoms with Crippen LogP contribution in [0.4, 0.5) is 0 Å². The van der Waals surface area contributed by atoms with Crippen LogP contribution in [0.5, 0.6) is 0 Å². The predicted molar refractivity (Wildman–Crippen MR) is 63.5 cm³/mol. The first-order chi connectivity index (χ1) is 7.22. The molecular weight excluding hydrogens is 254 g/mol. The molecule has 2 rings (SSSR count). The lowest BCUT2D eigenvalue weighted by Crippen LogP contribution is -2.02. The largest absolute Gasteiger partial charge is 0.288 e. The Morgan fingerprint density at radius 2 is 2.13 bits per heavy atom. The summed E-state index contributed by atoms with van der Waals surface area (Å²) in [5, 5.41) is 0.837. The summed E-state index contributed by atoms with van der Waals surface area (Å²) >= 11 is 3.42. The second-order valence-corrected chi connectivity index (χ2v) is 4.02. The van der Waals surface area contributed by atoms with E-state index < -0.39 is 0 Å². The van der Waals surface area contributed by atoms with Crippen molar-refractivity contribution in [1.82, 2.24) is 14.5 Å². The van der Waals surface area contributed by atoms with Crippen LogP contribution in [-0.4, -0.2) is 14.5 Å². The fourth-order valence-corrected chi connectivity index (χ4v) is 1.86. The van der Waals surface area contributed by atoms with Crippen LogP contribution in [0.15, 0.2) is 24.7 Å². The minimum Gasteiger partial charge on any atom is -0.288 e. The maximum atomic E-state index is 4.45. The summed E-state index contributed by atoms with van der Waals surface area (Å²) < 4.78 is 1.99. The molecule has 0 saturated carbocycles. The summed E-state index contributed by atoms with van der Waals surface area (Å²) in [6.45, 7) is 4.04. The SMILES string of the molecule is Cc1cc(CBr)cnc1-n1ccnc1C. The molecule has 0 fully saturated rings. The van der Waals surface area contributed by atoms with Gasteiger partial charge in [0, 0.05) is 23.9 Å². The molecule has 0 aliphatic rings. The van der Waals surface area contributed by atoms with Crippen LogP contribution in [0.1, 0.15) is 17.0 Å². The van der Waals surface area contributed by atoms with Crippen LogP contribution < -0.4 is 0 Å². The van der Waals surface area contributed by atoms with Crippen LogP contribution in [-0.2, 0) is 5.33 Å². The van der Waals surface area contributed by atoms with Gasteiger partial charge in [0.05, 0.1) is 0 Å². The molecule has 2 heterocycles. The van der Waals surface area contributed by atoms with Gasteiger partial charge >= 0.3 is 0 Å². The van der Waals surface area contributed by atoms with Gasteiger partial charge in [-0.2, -0.15) is 0 Å². The van der Waals surface area contributed by atoms with Gasteiger partial charge in [-0.15, -0.1) is 0 Å². The second-order valence-electron chi connectivity index (χ2n) is 3.46. The van der Waals surface area contributed by atoms with Gasteiger partial charge in [-0.3, -0.25) is 4.57 Å². The molecule has 0 saturated heterocycles. The van der Waals surface area contributed by atoms with Crippen molar-refractivity contribution in [3.8, 4) is 5.82 Å². The van der Waals surface area contributed by atoms with Gasteiger partial charge in [-0.1, -0.05) is 22.0 Å². The first-order valence-electron chi connectivity index (χ1n) is 4.74. The number of imidazole rings is 1. The Hall–Kier alpha value is -1.16. The molecule has 78 valence electrons. The highest BCUT2D eigenvalue weighted by Crippen LogP contribution is 2.15. The van der Waals surface area contributed by atoms with E-state index in [4.69, 9.17) is 0 Å². The average Bonchev–Trinajstić information content (AvgIpc) is 2.64. The van der Waals surface area contributed by atoms with Crippen molar-refractivity contribution in [3.63, 3.8) is 0 Å². The topological polar surface area (TPSA) is 30.7 Å². The second kappa shape index (κ2) is 4.14. The van der Waals surface area contributed by atoms with Crippen molar-refractivity contribution in [1.29, 1.82) is 0 Å². The van der Waals surface area contributed by atoms with E-state index in [0.717, 1.165) is 22.5 Å². The molecule has 0 N–H and O–H groups in total. The molecule has 0 aromatic carbocycles. The first kappa shape index (κ1) is 10.4. The van der Waals surface area contributed by atoms with Crippen molar-refractivity contribution in [2.24, 2.45) is 0 Å². The van der Waals surface area contributed by atoms with E-state index in [1.165, 1.54) is 5.56 Å². The average molecular weight is 266 g/mol. The molecule has 15 heavy (non-hydrogen) atoms. The minimum absolute atomic E-state index is 0.837. The van der Waals surface area contributed by atoms with E-state index >= 15 is 0 Å². The van der Waals surface area contributed by atoms with Crippen molar-refractivity contribution in [2.45, 2.75) is 19.2 Å². The molecule has 2 aromatic heterocycles. The number of hydrogen-bond donors (Lipinski definition) is 0. The summed E-state index contributed by atoms with van der Waals surface area (Å²) in [5.41, 5.74) is 2.35. The lowest BCUT2D eigenvalue weighted by molar-refractivity contribution is 0.917. The zero-order valence-electron chi connectivity index (χ0n) is 8.74. The molecule has 0 aliphatic heterocycles. The summed E-state index contributed by atoms with van der Waals surface area (Å²) in [4.78, 5) is 8.64. The van der Waals surface area contributed by atoms with Crippen LogP contribution >= 0.6 is 15.9 Å². The minimum atomic E-state index is 0.837. The van der Waals surface area contributed by atoms with E-state index in [2.05, 4.69) is 38.9 Å². The maximum Gasteiger partial charge on any atom is 0.140 e. The van der Waals surface area contributed by atoms with Gasteiger partial charge in [-0.25, -0.2) is 9.97 Å². The monoisotopic (exact) mass is 265 g/mol. The molecule has 0 radical (unpaired) electrons. The summed E-state index contributed by atoms with van der Waals surface area (Å²) in [6.07, 6.45) is 5.60. The number of nitrogens with zero attached hydrogens (tertiary/aromatic N) is 3. The Balaban J connectivity index is 2.50. The van der Waals surface area contributed by atoms with Crippen LogP contribution in [0.2, 0.25) is 0 Å². The highest BCUT2D eigenvalue weighted by Gasteiger charge is 2.05. The quantitative estimate of drug-likeness (QED) is 0.782. The van der Waals surface area contributed by atoms with Crippen LogP contribution in [0.25, 0.3) is 5.82 Å². The van der Waals surface area contributed by atoms with Gasteiger partial charge in [0.2, 0.25) is 0 Å². The van der Waals surface area contributed by atoms with Gasteiger partial charge in [0.15, 0.2) is 0 Å². The van der Waals surface area contributed by atoms with Gasteiger partial charge in [0.1, 0.15) is 11.6 Å². The third kappa shape index (κ3) is 1.95. The van der Waals surface area contributed by atoms with Gasteiger partial charge < -0.3 is 0 Å². The highest BCUT2D eigenvalue weighted by atomic mass is 79.9. The zero-order chi connectivity index (χ0) is 10.8. The Morgan fingerprint density at radius 3 is 2.67 bits per heavy atom. The van der Waals surface area contributed by atoms with E-state index in [1.54, 1.807) is 6.20 Å². The number of alkyl halides is 1. The number of rotatable bonds is 2. The van der Waals surface area contributed by atoms with Gasteiger partial charge in [-0.05, 0) is 25.0 Å². The first-order valence-corrected chi connectivity index (χ1v) is 5.86. The molecule has 0 amide bonds. The molecule has 4 heteroatoms. The lowest BCUT2D eigenvalue weighted by atomic mass is 10.2. The van der Waals surface area contributed by atoms with E-state index in [1.807, 2.05) is 23.9 Å². The molecule has 0 spiro atoms. The third-order valence-corrected chi connectivity index (χ3v) is 2.96. The Bertz CT molecular complexity index is 476. The molecule has 0 atom stereocenters. The number of halogens is 1. The van der Waals surface area contributed by atoms with Crippen molar-refractivity contribution < 1.29 is 0 Å². The Morgan fingerprint density at radius 1 is 1.33 bits per heavy atom. The molecule has 3 nitrogen and oxygen atoms in total. The maximum absolute atomic E-state index is 4.45. The lowest BCUT2D eigenvalue weighted by Gasteiger charge is -2.08. The number of aromatic nitrogens is 3. The molecule has 0 bridgehead atoms. The van der Waals surface area contributed by atoms with Crippen LogP contribution in [0, 0.1) is 13.8 Å². The molecule has 0 unspecified atom stereocenters. The standard InChI is InChI=1S/C11H12BrN3/c1-8-5-10(6-12)7-14-11(8)15-4-3-13-9(15)2/h3-5,7H,6H2,1-2H3. The molecular formula is C11H12BrN3. The fraction of sp³-hybridized carbons (Fsp3) is 0.273. The number of hydrogen-bond acceptors (Lipinski definition) is 2. The molecule has 2 aromatic rings. The summed E-state index contributed by atoms with van der Waals surface area (Å²) in [7, 11) is 0. The summed E-state index contributed by atoms with van der Waals surface area (Å²) in [5.74, 6) is 1.91. The fourth-order valence-electron chi connectivity index (χ4n) is 1.55. The van der Waals surface area contributed by atoms with Crippen LogP contribution in [0.3, 0.4) is 0 Å². The third-order valence-electron chi connectivity index (χ3n) is 2.32. The van der Waals surface area contributed by atoms with E-state index in [9.17, 15) is 0 Å². The predicted octanol–water partition coefficient (Wildman–Crippen LogP) is 2.78. The number of aryl methyl sites for hydroxylation is 2. The smallest absolute Gasteiger partial charge is 0.140 e. The highest BCUT2D eigenvalue weighted by molar-refractivity contribution is 9.08. The van der Waals surface area contributed by atoms with Crippen molar-refractivity contribution in [2.75, 3.05) is 0 Å². The Labute approximate surface area is 97.3 Å². The van der Waals surface area contributed by atoms with E-state index in [0.29, 0.717) is 0 Å². The summed E-state index contributed by atoms with van der Waals surface area (Å²) in [6, 6.07) is 2.14. The van der Waals surface area contributed by atoms with Crippen molar-refractivity contribution >= 4 is 15.9 Å². The van der Waals surface area contributed by atoms with E-state index in [-0.39, 0.29) is 0 Å². The van der Waals surface area contributed by atoms with Crippen molar-refractivity contribution in [3.05, 3.63) is 41.6 Å².